The van der Waals surface area contributed by atoms with Crippen molar-refractivity contribution in [1.82, 2.24) is 4.57 Å². The van der Waals surface area contributed by atoms with Crippen molar-refractivity contribution in [2.24, 2.45) is 9.98 Å². The highest BCUT2D eigenvalue weighted by atomic mass is 16.3. The van der Waals surface area contributed by atoms with Crippen LogP contribution in [0.4, 0.5) is 0 Å². The summed E-state index contributed by atoms with van der Waals surface area (Å²) >= 11 is 0. The molecule has 0 saturated heterocycles. The zero-order valence-corrected chi connectivity index (χ0v) is 30.5. The van der Waals surface area contributed by atoms with Crippen LogP contribution in [0, 0.1) is 0 Å². The van der Waals surface area contributed by atoms with Crippen molar-refractivity contribution in [3.8, 4) is 27.9 Å². The molecule has 0 saturated carbocycles. The summed E-state index contributed by atoms with van der Waals surface area (Å²) < 4.78 is 9.15. The van der Waals surface area contributed by atoms with Crippen molar-refractivity contribution in [2.75, 3.05) is 0 Å². The largest absolute Gasteiger partial charge is 0.454 e. The Hall–Kier alpha value is -7.30. The van der Waals surface area contributed by atoms with E-state index in [4.69, 9.17) is 14.4 Å². The Kier molecular flexibility index (Phi) is 7.59. The second-order valence-corrected chi connectivity index (χ2v) is 14.5. The van der Waals surface area contributed by atoms with Gasteiger partial charge in [0.25, 0.3) is 0 Å². The van der Waals surface area contributed by atoms with Gasteiger partial charge in [0.15, 0.2) is 11.4 Å². The third-order valence-electron chi connectivity index (χ3n) is 11.2. The van der Waals surface area contributed by atoms with Crippen LogP contribution >= 0.6 is 0 Å². The number of nitrogens with zero attached hydrogens (tertiary/aromatic N) is 3. The maximum atomic E-state index is 6.78. The predicted molar refractivity (Wildman–Crippen MR) is 232 cm³/mol. The molecule has 264 valence electrons. The zero-order valence-electron chi connectivity index (χ0n) is 30.5. The fourth-order valence-corrected chi connectivity index (χ4v) is 8.48. The van der Waals surface area contributed by atoms with Gasteiger partial charge in [0.2, 0.25) is 0 Å². The van der Waals surface area contributed by atoms with Crippen molar-refractivity contribution >= 4 is 55.3 Å². The first-order valence-electron chi connectivity index (χ1n) is 19.2. The van der Waals surface area contributed by atoms with Gasteiger partial charge in [-0.2, -0.15) is 0 Å². The molecule has 1 aliphatic rings. The Morgan fingerprint density at radius 2 is 1.09 bits per heavy atom. The second-order valence-electron chi connectivity index (χ2n) is 14.5. The molecule has 56 heavy (non-hydrogen) atoms. The molecule has 1 atom stereocenters. The highest BCUT2D eigenvalue weighted by molar-refractivity contribution is 6.24. The van der Waals surface area contributed by atoms with Crippen molar-refractivity contribution in [2.45, 2.75) is 12.5 Å². The summed E-state index contributed by atoms with van der Waals surface area (Å²) in [7, 11) is 0. The van der Waals surface area contributed by atoms with E-state index in [-0.39, 0.29) is 6.04 Å². The van der Waals surface area contributed by atoms with Crippen LogP contribution in [0.1, 0.15) is 29.2 Å². The number of rotatable bonds is 6. The molecule has 11 rings (SSSR count). The molecule has 2 aromatic heterocycles. The van der Waals surface area contributed by atoms with Gasteiger partial charge < -0.3 is 8.98 Å². The van der Waals surface area contributed by atoms with Gasteiger partial charge in [-0.15, -0.1) is 0 Å². The van der Waals surface area contributed by atoms with Gasteiger partial charge in [-0.25, -0.2) is 4.99 Å². The first-order valence-corrected chi connectivity index (χ1v) is 19.2. The van der Waals surface area contributed by atoms with E-state index in [1.807, 2.05) is 6.07 Å². The van der Waals surface area contributed by atoms with E-state index in [1.165, 1.54) is 16.7 Å². The van der Waals surface area contributed by atoms with E-state index in [1.54, 1.807) is 0 Å². The first kappa shape index (κ1) is 32.2. The fourth-order valence-electron chi connectivity index (χ4n) is 8.48. The SMILES string of the molecule is c1ccc(C2=NC(c3cccc4c3c3ccccc3n4-c3cc(-c4ccc(-c5ccccc5)cc4)cc4c3oc3ccccc34)=NC(c3ccccc3)C2)cc1. The second kappa shape index (κ2) is 13.2. The van der Waals surface area contributed by atoms with Crippen molar-refractivity contribution in [1.29, 1.82) is 0 Å². The highest BCUT2D eigenvalue weighted by Crippen LogP contribution is 2.42. The molecule has 8 aromatic carbocycles. The average Bonchev–Trinajstić information content (AvgIpc) is 3.83. The Labute approximate surface area is 324 Å². The van der Waals surface area contributed by atoms with E-state index in [9.17, 15) is 0 Å². The van der Waals surface area contributed by atoms with Crippen molar-refractivity contribution < 1.29 is 4.42 Å². The van der Waals surface area contributed by atoms with Crippen LogP contribution in [0.5, 0.6) is 0 Å². The normalized spacial score (nSPS) is 14.4. The van der Waals surface area contributed by atoms with Gasteiger partial charge in [-0.1, -0.05) is 164 Å². The van der Waals surface area contributed by atoms with Gasteiger partial charge in [0.05, 0.1) is 28.5 Å². The summed E-state index contributed by atoms with van der Waals surface area (Å²) in [4.78, 5) is 10.7. The number of aromatic nitrogens is 1. The monoisotopic (exact) mass is 717 g/mol. The molecule has 0 fully saturated rings. The lowest BCUT2D eigenvalue weighted by Gasteiger charge is -2.21. The number of hydrogen-bond acceptors (Lipinski definition) is 3. The van der Waals surface area contributed by atoms with Crippen molar-refractivity contribution in [3.63, 3.8) is 0 Å². The minimum Gasteiger partial charge on any atom is -0.454 e. The highest BCUT2D eigenvalue weighted by Gasteiger charge is 2.26. The molecule has 3 heterocycles. The standard InChI is InChI=1S/C52H35N3O/c1-4-15-34(16-5-1)35-27-29-36(30-28-35)39-31-43-40-21-11-13-26-49(40)56-51(43)48(32-39)55-46-24-12-10-22-41(46)50-42(23-14-25-47(50)55)52-53-44(37-17-6-2-7-18-37)33-45(54-52)38-19-8-3-9-20-38/h1-32,44H,33H2. The van der Waals surface area contributed by atoms with Gasteiger partial charge in [0, 0.05) is 33.5 Å². The van der Waals surface area contributed by atoms with E-state index in [0.717, 1.165) is 89.7 Å². The smallest absolute Gasteiger partial charge is 0.159 e. The summed E-state index contributed by atoms with van der Waals surface area (Å²) in [5, 5.41) is 4.44. The topological polar surface area (TPSA) is 42.8 Å². The minimum absolute atomic E-state index is 0.0531. The third kappa shape index (κ3) is 5.38. The number of amidine groups is 1. The molecule has 0 bridgehead atoms. The van der Waals surface area contributed by atoms with Crippen LogP contribution in [0.2, 0.25) is 0 Å². The molecule has 4 heteroatoms. The van der Waals surface area contributed by atoms with E-state index in [0.29, 0.717) is 0 Å². The van der Waals surface area contributed by atoms with E-state index < -0.39 is 0 Å². The van der Waals surface area contributed by atoms with Gasteiger partial charge >= 0.3 is 0 Å². The molecular weight excluding hydrogens is 683 g/mol. The first-order chi connectivity index (χ1) is 27.8. The number of para-hydroxylation sites is 2. The summed E-state index contributed by atoms with van der Waals surface area (Å²) in [6.45, 7) is 0. The predicted octanol–water partition coefficient (Wildman–Crippen LogP) is 13.4. The lowest BCUT2D eigenvalue weighted by Crippen LogP contribution is -2.17. The van der Waals surface area contributed by atoms with Crippen LogP contribution in [0.15, 0.2) is 209 Å². The maximum Gasteiger partial charge on any atom is 0.159 e. The molecule has 1 unspecified atom stereocenters. The number of benzene rings is 8. The molecule has 0 aliphatic carbocycles. The Morgan fingerprint density at radius 3 is 1.86 bits per heavy atom. The van der Waals surface area contributed by atoms with Gasteiger partial charge in [-0.3, -0.25) is 4.99 Å². The van der Waals surface area contributed by atoms with Crippen LogP contribution in [0.25, 0.3) is 71.7 Å². The van der Waals surface area contributed by atoms with Gasteiger partial charge in [-0.05, 0) is 63.7 Å². The lowest BCUT2D eigenvalue weighted by atomic mass is 9.95. The molecule has 1 aliphatic heterocycles. The fraction of sp³-hybridized carbons (Fsp3) is 0.0385. The minimum atomic E-state index is -0.0531. The molecule has 0 spiro atoms. The third-order valence-corrected chi connectivity index (χ3v) is 11.2. The summed E-state index contributed by atoms with van der Waals surface area (Å²) in [6.07, 6.45) is 0.735. The summed E-state index contributed by atoms with van der Waals surface area (Å²) in [6, 6.07) is 68.6. The molecular formula is C52H35N3O. The van der Waals surface area contributed by atoms with Crippen LogP contribution in [-0.2, 0) is 0 Å². The van der Waals surface area contributed by atoms with Gasteiger partial charge in [0.1, 0.15) is 5.58 Å². The molecule has 0 N–H and O–H groups in total. The molecule has 4 nitrogen and oxygen atoms in total. The summed E-state index contributed by atoms with van der Waals surface area (Å²) in [5.41, 5.74) is 13.9. The number of aliphatic imine (C=N–C) groups is 2. The Balaban J connectivity index is 1.15. The molecule has 0 amide bonds. The van der Waals surface area contributed by atoms with Crippen LogP contribution in [0.3, 0.4) is 0 Å². The Bertz CT molecular complexity index is 3140. The number of furan rings is 1. The molecule has 10 aromatic rings. The van der Waals surface area contributed by atoms with E-state index >= 15 is 0 Å². The quantitative estimate of drug-likeness (QED) is 0.169. The van der Waals surface area contributed by atoms with E-state index in [2.05, 4.69) is 193 Å². The lowest BCUT2D eigenvalue weighted by molar-refractivity contribution is 0.666. The number of fused-ring (bicyclic) bond motifs is 6. The zero-order chi connectivity index (χ0) is 37.0. The number of hydrogen-bond donors (Lipinski definition) is 0. The Morgan fingerprint density at radius 1 is 0.482 bits per heavy atom. The van der Waals surface area contributed by atoms with Crippen molar-refractivity contribution in [3.05, 3.63) is 211 Å². The molecule has 0 radical (unpaired) electrons. The summed E-state index contributed by atoms with van der Waals surface area (Å²) in [5.74, 6) is 0.749. The average molecular weight is 718 g/mol. The maximum absolute atomic E-state index is 6.78. The van der Waals surface area contributed by atoms with Crippen LogP contribution < -0.4 is 0 Å². The van der Waals surface area contributed by atoms with Crippen LogP contribution in [-0.4, -0.2) is 16.1 Å².